The van der Waals surface area contributed by atoms with Crippen molar-refractivity contribution in [2.75, 3.05) is 13.6 Å². The molecule has 0 radical (unpaired) electrons. The number of benzene rings is 2. The summed E-state index contributed by atoms with van der Waals surface area (Å²) in [7, 11) is -2.68. The Bertz CT molecular complexity index is 1130. The van der Waals surface area contributed by atoms with Gasteiger partial charge in [-0.25, -0.2) is 8.42 Å². The maximum absolute atomic E-state index is 13.4. The van der Waals surface area contributed by atoms with Crippen LogP contribution in [0.25, 0.3) is 0 Å². The van der Waals surface area contributed by atoms with Gasteiger partial charge in [0.05, 0.1) is 11.4 Å². The fourth-order valence-electron chi connectivity index (χ4n) is 3.06. The molecule has 34 heavy (non-hydrogen) atoms. The predicted molar refractivity (Wildman–Crippen MR) is 136 cm³/mol. The minimum atomic E-state index is -3.97. The number of carbonyl (C=O) groups is 2. The average Bonchev–Trinajstić information content (AvgIpc) is 2.72. The number of nitrogens with zero attached hydrogens (tertiary/aromatic N) is 2. The Labute approximate surface area is 216 Å². The highest BCUT2D eigenvalue weighted by Crippen LogP contribution is 2.27. The quantitative estimate of drug-likeness (QED) is 0.522. The van der Waals surface area contributed by atoms with Gasteiger partial charge in [0.2, 0.25) is 21.8 Å². The van der Waals surface area contributed by atoms with Crippen LogP contribution in [-0.2, 0) is 26.2 Å². The van der Waals surface area contributed by atoms with Gasteiger partial charge in [-0.05, 0) is 64.1 Å². The van der Waals surface area contributed by atoms with Gasteiger partial charge >= 0.3 is 0 Å². The first-order valence-electron chi connectivity index (χ1n) is 10.4. The lowest BCUT2D eigenvalue weighted by Crippen LogP contribution is -2.54. The molecule has 1 atom stereocenters. The van der Waals surface area contributed by atoms with E-state index in [4.69, 9.17) is 34.8 Å². The molecule has 0 bridgehead atoms. The van der Waals surface area contributed by atoms with Crippen molar-refractivity contribution in [1.29, 1.82) is 0 Å². The Morgan fingerprint density at radius 2 is 1.53 bits per heavy atom. The van der Waals surface area contributed by atoms with Crippen LogP contribution < -0.4 is 5.32 Å². The van der Waals surface area contributed by atoms with Crippen LogP contribution in [0.15, 0.2) is 47.4 Å². The van der Waals surface area contributed by atoms with Crippen molar-refractivity contribution < 1.29 is 18.0 Å². The number of amides is 2. The van der Waals surface area contributed by atoms with Crippen LogP contribution in [0.1, 0.15) is 33.3 Å². The van der Waals surface area contributed by atoms with Gasteiger partial charge in [0.25, 0.3) is 0 Å². The van der Waals surface area contributed by atoms with Crippen LogP contribution in [0.5, 0.6) is 0 Å². The fraction of sp³-hybridized carbons (Fsp3) is 0.391. The molecule has 0 heterocycles. The molecule has 2 rings (SSSR count). The van der Waals surface area contributed by atoms with E-state index in [2.05, 4.69) is 5.32 Å². The van der Waals surface area contributed by atoms with Gasteiger partial charge in [-0.1, -0.05) is 40.9 Å². The monoisotopic (exact) mass is 547 g/mol. The van der Waals surface area contributed by atoms with Crippen molar-refractivity contribution in [3.63, 3.8) is 0 Å². The third-order valence-corrected chi connectivity index (χ3v) is 7.71. The zero-order valence-electron chi connectivity index (χ0n) is 19.6. The average molecular weight is 549 g/mol. The first kappa shape index (κ1) is 28.4. The van der Waals surface area contributed by atoms with Gasteiger partial charge in [0.1, 0.15) is 6.04 Å². The zero-order chi connectivity index (χ0) is 25.8. The molecule has 0 aliphatic carbocycles. The Morgan fingerprint density at radius 3 is 2.03 bits per heavy atom. The van der Waals surface area contributed by atoms with E-state index in [0.717, 1.165) is 4.31 Å². The van der Waals surface area contributed by atoms with Gasteiger partial charge < -0.3 is 10.2 Å². The van der Waals surface area contributed by atoms with Crippen LogP contribution in [0.2, 0.25) is 15.1 Å². The molecule has 0 aliphatic rings. The van der Waals surface area contributed by atoms with Crippen LogP contribution in [0.3, 0.4) is 0 Å². The molecular weight excluding hydrogens is 521 g/mol. The normalized spacial score (nSPS) is 13.0. The molecule has 0 spiro atoms. The standard InChI is InChI=1S/C23H28Cl3N3O4S/c1-15(22(31)27-23(2,3)4)29(13-18-19(25)7-6-8-20(18)26)21(30)14-28(5)34(32,33)17-11-9-16(24)10-12-17/h6-12,15H,13-14H2,1-5H3,(H,27,31)/t15-/m1/s1. The highest BCUT2D eigenvalue weighted by molar-refractivity contribution is 7.89. The molecule has 2 aromatic rings. The second-order valence-electron chi connectivity index (χ2n) is 8.85. The molecule has 0 aliphatic heterocycles. The Hall–Kier alpha value is -1.84. The van der Waals surface area contributed by atoms with Crippen molar-refractivity contribution in [3.8, 4) is 0 Å². The van der Waals surface area contributed by atoms with Gasteiger partial charge in [-0.3, -0.25) is 9.59 Å². The van der Waals surface area contributed by atoms with Gasteiger partial charge in [0.15, 0.2) is 0 Å². The van der Waals surface area contributed by atoms with Crippen molar-refractivity contribution in [3.05, 3.63) is 63.1 Å². The number of nitrogens with one attached hydrogen (secondary N) is 1. The third kappa shape index (κ3) is 7.33. The van der Waals surface area contributed by atoms with E-state index in [1.54, 1.807) is 25.1 Å². The van der Waals surface area contributed by atoms with E-state index in [1.165, 1.54) is 36.2 Å². The summed E-state index contributed by atoms with van der Waals surface area (Å²) in [5, 5.41) is 3.89. The highest BCUT2D eigenvalue weighted by atomic mass is 35.5. The third-order valence-electron chi connectivity index (χ3n) is 4.94. The van der Waals surface area contributed by atoms with E-state index < -0.39 is 40.0 Å². The molecule has 0 fully saturated rings. The molecule has 0 unspecified atom stereocenters. The lowest BCUT2D eigenvalue weighted by atomic mass is 10.1. The number of rotatable bonds is 8. The SMILES string of the molecule is C[C@H](C(=O)NC(C)(C)C)N(Cc1c(Cl)cccc1Cl)C(=O)CN(C)S(=O)(=O)c1ccc(Cl)cc1. The summed E-state index contributed by atoms with van der Waals surface area (Å²) >= 11 is 18.5. The number of hydrogen-bond acceptors (Lipinski definition) is 4. The van der Waals surface area contributed by atoms with E-state index >= 15 is 0 Å². The molecule has 1 N–H and O–H groups in total. The molecular formula is C23H28Cl3N3O4S. The van der Waals surface area contributed by atoms with Crippen molar-refractivity contribution in [2.45, 2.75) is 50.7 Å². The Kier molecular flexibility index (Phi) is 9.41. The highest BCUT2D eigenvalue weighted by Gasteiger charge is 2.32. The minimum Gasteiger partial charge on any atom is -0.350 e. The van der Waals surface area contributed by atoms with Crippen LogP contribution >= 0.6 is 34.8 Å². The summed E-state index contributed by atoms with van der Waals surface area (Å²) in [5.74, 6) is -0.986. The largest absolute Gasteiger partial charge is 0.350 e. The molecule has 11 heteroatoms. The lowest BCUT2D eigenvalue weighted by molar-refractivity contribution is -0.141. The summed E-state index contributed by atoms with van der Waals surface area (Å²) in [4.78, 5) is 27.5. The number of carbonyl (C=O) groups excluding carboxylic acids is 2. The zero-order valence-corrected chi connectivity index (χ0v) is 22.7. The van der Waals surface area contributed by atoms with E-state index in [-0.39, 0.29) is 11.4 Å². The Morgan fingerprint density at radius 1 is 1.00 bits per heavy atom. The maximum Gasteiger partial charge on any atom is 0.243 e. The van der Waals surface area contributed by atoms with E-state index in [9.17, 15) is 18.0 Å². The molecule has 7 nitrogen and oxygen atoms in total. The summed E-state index contributed by atoms with van der Waals surface area (Å²) in [6, 6.07) is 9.63. The summed E-state index contributed by atoms with van der Waals surface area (Å²) in [5.41, 5.74) is -0.0746. The number of halogens is 3. The van der Waals surface area contributed by atoms with Gasteiger partial charge in [-0.2, -0.15) is 4.31 Å². The molecule has 2 aromatic carbocycles. The lowest BCUT2D eigenvalue weighted by Gasteiger charge is -2.32. The van der Waals surface area contributed by atoms with Crippen LogP contribution in [0, 0.1) is 0 Å². The second kappa shape index (κ2) is 11.3. The van der Waals surface area contributed by atoms with Crippen molar-refractivity contribution in [2.24, 2.45) is 0 Å². The smallest absolute Gasteiger partial charge is 0.243 e. The Balaban J connectivity index is 2.36. The van der Waals surface area contributed by atoms with Gasteiger partial charge in [-0.15, -0.1) is 0 Å². The molecule has 186 valence electrons. The maximum atomic E-state index is 13.4. The number of likely N-dealkylation sites (N-methyl/N-ethyl adjacent to an activating group) is 1. The summed E-state index contributed by atoms with van der Waals surface area (Å²) in [6.07, 6.45) is 0. The molecule has 0 aromatic heterocycles. The molecule has 2 amide bonds. The molecule has 0 saturated heterocycles. The topological polar surface area (TPSA) is 86.8 Å². The minimum absolute atomic E-state index is 0.00794. The molecule has 0 saturated carbocycles. The fourth-order valence-corrected chi connectivity index (χ4v) is 4.83. The number of hydrogen-bond donors (Lipinski definition) is 1. The summed E-state index contributed by atoms with van der Waals surface area (Å²) in [6.45, 7) is 6.45. The summed E-state index contributed by atoms with van der Waals surface area (Å²) < 4.78 is 26.8. The first-order chi connectivity index (χ1) is 15.6. The van der Waals surface area contributed by atoms with Gasteiger partial charge in [0, 0.05) is 39.8 Å². The number of sulfonamides is 1. The predicted octanol–water partition coefficient (Wildman–Crippen LogP) is 4.60. The second-order valence-corrected chi connectivity index (χ2v) is 12.1. The van der Waals surface area contributed by atoms with Crippen molar-refractivity contribution in [1.82, 2.24) is 14.5 Å². The van der Waals surface area contributed by atoms with Crippen LogP contribution in [-0.4, -0.2) is 54.6 Å². The van der Waals surface area contributed by atoms with Crippen LogP contribution in [0.4, 0.5) is 0 Å². The van der Waals surface area contributed by atoms with E-state index in [0.29, 0.717) is 20.6 Å². The van der Waals surface area contributed by atoms with Crippen molar-refractivity contribution >= 4 is 56.6 Å². The van der Waals surface area contributed by atoms with E-state index in [1.807, 2.05) is 20.8 Å². The first-order valence-corrected chi connectivity index (χ1v) is 13.0.